The van der Waals surface area contributed by atoms with Gasteiger partial charge in [-0.3, -0.25) is 9.36 Å². The molecule has 1 aliphatic rings. The summed E-state index contributed by atoms with van der Waals surface area (Å²) in [6.45, 7) is 5.11. The number of morpholine rings is 1. The minimum atomic E-state index is -0.418. The summed E-state index contributed by atoms with van der Waals surface area (Å²) in [5.41, 5.74) is -0.780. The predicted octanol–water partition coefficient (Wildman–Crippen LogP) is -0.907. The molecule has 1 aromatic rings. The maximum absolute atomic E-state index is 12.1. The summed E-state index contributed by atoms with van der Waals surface area (Å²) in [5.74, 6) is 0.307. The molecule has 0 amide bonds. The van der Waals surface area contributed by atoms with Gasteiger partial charge in [-0.2, -0.15) is 0 Å². The topological polar surface area (TPSA) is 69.4 Å². The van der Waals surface area contributed by atoms with Crippen LogP contribution in [0.1, 0.15) is 13.8 Å². The summed E-state index contributed by atoms with van der Waals surface area (Å²) in [7, 11) is 3.00. The van der Waals surface area contributed by atoms with Crippen molar-refractivity contribution in [3.63, 3.8) is 0 Å². The van der Waals surface area contributed by atoms with E-state index in [1.807, 2.05) is 18.7 Å². The lowest BCUT2D eigenvalue weighted by atomic mass is 10.2. The lowest BCUT2D eigenvalue weighted by Gasteiger charge is -2.35. The van der Waals surface area contributed by atoms with E-state index in [1.165, 1.54) is 11.7 Å². The van der Waals surface area contributed by atoms with Crippen molar-refractivity contribution >= 4 is 5.82 Å². The molecule has 100 valence electrons. The van der Waals surface area contributed by atoms with Crippen LogP contribution in [0.2, 0.25) is 0 Å². The molecule has 0 bridgehead atoms. The Labute approximate surface area is 105 Å². The maximum Gasteiger partial charge on any atom is 0.346 e. The summed E-state index contributed by atoms with van der Waals surface area (Å²) in [6, 6.07) is 0. The average Bonchev–Trinajstić information content (AvgIpc) is 2.30. The number of hydrogen-bond donors (Lipinski definition) is 0. The molecule has 2 rings (SSSR count). The van der Waals surface area contributed by atoms with Crippen molar-refractivity contribution in [2.24, 2.45) is 14.1 Å². The molecule has 0 aromatic carbocycles. The van der Waals surface area contributed by atoms with Crippen LogP contribution in [0.15, 0.2) is 9.59 Å². The van der Waals surface area contributed by atoms with Gasteiger partial charge in [0.05, 0.1) is 12.2 Å². The monoisotopic (exact) mass is 254 g/mol. The highest BCUT2D eigenvalue weighted by atomic mass is 16.5. The first-order chi connectivity index (χ1) is 8.40. The van der Waals surface area contributed by atoms with Crippen molar-refractivity contribution < 1.29 is 4.74 Å². The third kappa shape index (κ3) is 2.17. The number of aryl methyl sites for hydroxylation is 1. The average molecular weight is 254 g/mol. The van der Waals surface area contributed by atoms with E-state index in [0.717, 1.165) is 4.57 Å². The highest BCUT2D eigenvalue weighted by Gasteiger charge is 2.26. The first-order valence-corrected chi connectivity index (χ1v) is 5.95. The van der Waals surface area contributed by atoms with Crippen LogP contribution in [0.4, 0.5) is 5.82 Å². The second-order valence-electron chi connectivity index (χ2n) is 4.76. The van der Waals surface area contributed by atoms with Crippen molar-refractivity contribution in [2.45, 2.75) is 26.1 Å². The molecule has 18 heavy (non-hydrogen) atoms. The third-order valence-electron chi connectivity index (χ3n) is 3.02. The van der Waals surface area contributed by atoms with Gasteiger partial charge in [-0.25, -0.2) is 9.48 Å². The van der Waals surface area contributed by atoms with E-state index in [9.17, 15) is 9.59 Å². The van der Waals surface area contributed by atoms with E-state index in [0.29, 0.717) is 18.9 Å². The zero-order valence-corrected chi connectivity index (χ0v) is 11.1. The largest absolute Gasteiger partial charge is 0.372 e. The van der Waals surface area contributed by atoms with Crippen LogP contribution in [0.25, 0.3) is 0 Å². The Balaban J connectivity index is 2.45. The van der Waals surface area contributed by atoms with Gasteiger partial charge in [-0.1, -0.05) is 0 Å². The number of aromatic nitrogens is 3. The van der Waals surface area contributed by atoms with Crippen LogP contribution < -0.4 is 16.1 Å². The molecule has 2 heterocycles. The normalized spacial score (nSPS) is 24.3. The molecule has 2 atom stereocenters. The van der Waals surface area contributed by atoms with Crippen molar-refractivity contribution in [3.8, 4) is 0 Å². The van der Waals surface area contributed by atoms with Gasteiger partial charge in [-0.15, -0.1) is 5.10 Å². The molecule has 1 aromatic heterocycles. The lowest BCUT2D eigenvalue weighted by Crippen LogP contribution is -2.50. The van der Waals surface area contributed by atoms with Crippen LogP contribution in [0, 0.1) is 0 Å². The summed E-state index contributed by atoms with van der Waals surface area (Å²) < 4.78 is 7.87. The standard InChI is InChI=1S/C11H18N4O3/c1-7-5-15(6-8(2)18-7)9-10(16)13(3)11(17)14(4)12-9/h7-8H,5-6H2,1-4H3/t7-,8+. The van der Waals surface area contributed by atoms with Crippen LogP contribution >= 0.6 is 0 Å². The molecule has 0 saturated carbocycles. The van der Waals surface area contributed by atoms with Crippen LogP contribution in [0.5, 0.6) is 0 Å². The van der Waals surface area contributed by atoms with E-state index in [2.05, 4.69) is 5.10 Å². The Kier molecular flexibility index (Phi) is 3.25. The van der Waals surface area contributed by atoms with Crippen molar-refractivity contribution in [1.29, 1.82) is 0 Å². The van der Waals surface area contributed by atoms with Crippen molar-refractivity contribution in [1.82, 2.24) is 14.3 Å². The third-order valence-corrected chi connectivity index (χ3v) is 3.02. The smallest absolute Gasteiger partial charge is 0.346 e. The van der Waals surface area contributed by atoms with Crippen LogP contribution in [-0.2, 0) is 18.8 Å². The van der Waals surface area contributed by atoms with Gasteiger partial charge in [0.15, 0.2) is 0 Å². The molecule has 7 heteroatoms. The van der Waals surface area contributed by atoms with Gasteiger partial charge in [0.1, 0.15) is 0 Å². The predicted molar refractivity (Wildman–Crippen MR) is 66.9 cm³/mol. The van der Waals surface area contributed by atoms with Gasteiger partial charge in [0.2, 0.25) is 5.82 Å². The van der Waals surface area contributed by atoms with Gasteiger partial charge in [0.25, 0.3) is 5.56 Å². The number of anilines is 1. The molecular formula is C11H18N4O3. The fraction of sp³-hybridized carbons (Fsp3) is 0.727. The van der Waals surface area contributed by atoms with Gasteiger partial charge >= 0.3 is 5.69 Å². The zero-order valence-electron chi connectivity index (χ0n) is 11.1. The van der Waals surface area contributed by atoms with Gasteiger partial charge in [0, 0.05) is 27.2 Å². The van der Waals surface area contributed by atoms with Crippen molar-refractivity contribution in [2.75, 3.05) is 18.0 Å². The molecule has 0 aliphatic carbocycles. The minimum absolute atomic E-state index is 0.0393. The zero-order chi connectivity index (χ0) is 13.4. The fourth-order valence-corrected chi connectivity index (χ4v) is 2.23. The SMILES string of the molecule is C[C@@H]1CN(c2nn(C)c(=O)n(C)c2=O)C[C@H](C)O1. The number of nitrogens with zero attached hydrogens (tertiary/aromatic N) is 4. The molecule has 0 N–H and O–H groups in total. The first-order valence-electron chi connectivity index (χ1n) is 5.95. The van der Waals surface area contributed by atoms with Crippen LogP contribution in [-0.4, -0.2) is 39.6 Å². The van der Waals surface area contributed by atoms with Gasteiger partial charge < -0.3 is 9.64 Å². The highest BCUT2D eigenvalue weighted by Crippen LogP contribution is 2.14. The lowest BCUT2D eigenvalue weighted by molar-refractivity contribution is -0.00567. The quantitative estimate of drug-likeness (QED) is 0.649. The fourth-order valence-electron chi connectivity index (χ4n) is 2.23. The number of ether oxygens (including phenoxy) is 1. The molecular weight excluding hydrogens is 236 g/mol. The Morgan fingerprint density at radius 3 is 2.28 bits per heavy atom. The van der Waals surface area contributed by atoms with Crippen LogP contribution in [0.3, 0.4) is 0 Å². The Morgan fingerprint density at radius 2 is 1.72 bits per heavy atom. The molecule has 0 radical (unpaired) electrons. The number of rotatable bonds is 1. The Morgan fingerprint density at radius 1 is 1.17 bits per heavy atom. The molecule has 1 saturated heterocycles. The summed E-state index contributed by atoms with van der Waals surface area (Å²) in [6.07, 6.45) is 0.0787. The second-order valence-corrected chi connectivity index (χ2v) is 4.76. The Hall–Kier alpha value is -1.63. The van der Waals surface area contributed by atoms with Crippen molar-refractivity contribution in [3.05, 3.63) is 20.8 Å². The molecule has 0 unspecified atom stereocenters. The molecule has 0 spiro atoms. The maximum atomic E-state index is 12.1. The second kappa shape index (κ2) is 4.56. The van der Waals surface area contributed by atoms with E-state index in [4.69, 9.17) is 4.74 Å². The molecule has 1 fully saturated rings. The van der Waals surface area contributed by atoms with E-state index in [-0.39, 0.29) is 17.8 Å². The van der Waals surface area contributed by atoms with E-state index < -0.39 is 5.69 Å². The highest BCUT2D eigenvalue weighted by molar-refractivity contribution is 5.35. The molecule has 7 nitrogen and oxygen atoms in total. The molecule has 1 aliphatic heterocycles. The van der Waals surface area contributed by atoms with Gasteiger partial charge in [-0.05, 0) is 13.8 Å². The van der Waals surface area contributed by atoms with E-state index >= 15 is 0 Å². The summed E-state index contributed by atoms with van der Waals surface area (Å²) in [4.78, 5) is 25.5. The van der Waals surface area contributed by atoms with E-state index in [1.54, 1.807) is 7.05 Å². The Bertz CT molecular complexity index is 552. The number of hydrogen-bond acceptors (Lipinski definition) is 5. The first kappa shape index (κ1) is 12.8. The summed E-state index contributed by atoms with van der Waals surface area (Å²) in [5, 5.41) is 4.07. The minimum Gasteiger partial charge on any atom is -0.372 e. The summed E-state index contributed by atoms with van der Waals surface area (Å²) >= 11 is 0.